The van der Waals surface area contributed by atoms with Gasteiger partial charge in [0.25, 0.3) is 0 Å². The molecule has 0 radical (unpaired) electrons. The molecule has 1 atom stereocenters. The molecule has 0 bridgehead atoms. The third kappa shape index (κ3) is 10.1. The molecule has 0 aromatic heterocycles. The largest absolute Gasteiger partial charge is 0.480 e. The number of carboxylic acid groups (broad SMARTS) is 1. The maximum atomic E-state index is 11.5. The van der Waals surface area contributed by atoms with Crippen molar-refractivity contribution in [1.29, 1.82) is 0 Å². The minimum atomic E-state index is -1.19. The molecular weight excluding hydrogens is 264 g/mol. The summed E-state index contributed by atoms with van der Waals surface area (Å²) in [5.41, 5.74) is 4.95. The van der Waals surface area contributed by atoms with Gasteiger partial charge in [-0.3, -0.25) is 4.79 Å². The number of aliphatic carboxylic acids is 1. The normalized spacial score (nSPS) is 11.9. The zero-order chi connectivity index (χ0) is 15.5. The van der Waals surface area contributed by atoms with Crippen molar-refractivity contribution in [2.24, 2.45) is 5.73 Å². The first kappa shape index (κ1) is 18.2. The number of urea groups is 1. The van der Waals surface area contributed by atoms with Gasteiger partial charge in [0.2, 0.25) is 5.91 Å². The second kappa shape index (κ2) is 10.0. The highest BCUT2D eigenvalue weighted by Crippen LogP contribution is 1.97. The SMILES string of the molecule is CN(C)CCCCNC(=O)N[C@@H](CCC(N)=O)C(=O)O. The number of rotatable bonds is 10. The van der Waals surface area contributed by atoms with Gasteiger partial charge in [-0.2, -0.15) is 0 Å². The average Bonchev–Trinajstić information content (AvgIpc) is 2.32. The molecule has 0 fully saturated rings. The summed E-state index contributed by atoms with van der Waals surface area (Å²) in [6.45, 7) is 1.40. The zero-order valence-corrected chi connectivity index (χ0v) is 12.0. The number of nitrogens with zero attached hydrogens (tertiary/aromatic N) is 1. The maximum absolute atomic E-state index is 11.5. The molecule has 0 heterocycles. The lowest BCUT2D eigenvalue weighted by molar-refractivity contribution is -0.139. The van der Waals surface area contributed by atoms with Crippen LogP contribution < -0.4 is 16.4 Å². The van der Waals surface area contributed by atoms with Crippen LogP contribution in [0.1, 0.15) is 25.7 Å². The predicted octanol–water partition coefficient (Wildman–Crippen LogP) is -0.654. The Morgan fingerprint density at radius 1 is 1.25 bits per heavy atom. The highest BCUT2D eigenvalue weighted by atomic mass is 16.4. The van der Waals surface area contributed by atoms with Crippen LogP contribution in [-0.2, 0) is 9.59 Å². The van der Waals surface area contributed by atoms with Crippen LogP contribution in [0.25, 0.3) is 0 Å². The number of carbonyl (C=O) groups is 3. The Labute approximate surface area is 118 Å². The molecule has 0 rings (SSSR count). The Kier molecular flexibility index (Phi) is 9.10. The van der Waals surface area contributed by atoms with Crippen molar-refractivity contribution in [3.8, 4) is 0 Å². The van der Waals surface area contributed by atoms with Crippen LogP contribution in [0, 0.1) is 0 Å². The fourth-order valence-corrected chi connectivity index (χ4v) is 1.51. The van der Waals surface area contributed by atoms with Crippen LogP contribution in [0.2, 0.25) is 0 Å². The number of carbonyl (C=O) groups excluding carboxylic acids is 2. The molecule has 0 aliphatic heterocycles. The van der Waals surface area contributed by atoms with E-state index in [-0.39, 0.29) is 12.8 Å². The summed E-state index contributed by atoms with van der Waals surface area (Å²) in [6.07, 6.45) is 1.65. The fourth-order valence-electron chi connectivity index (χ4n) is 1.51. The van der Waals surface area contributed by atoms with E-state index in [0.29, 0.717) is 6.54 Å². The van der Waals surface area contributed by atoms with Crippen molar-refractivity contribution >= 4 is 17.9 Å². The Hall–Kier alpha value is -1.83. The molecule has 0 unspecified atom stereocenters. The lowest BCUT2D eigenvalue weighted by atomic mass is 10.1. The fraction of sp³-hybridized carbons (Fsp3) is 0.750. The molecule has 0 aromatic rings. The minimum absolute atomic E-state index is 0.0152. The quantitative estimate of drug-likeness (QED) is 0.397. The Morgan fingerprint density at radius 3 is 2.40 bits per heavy atom. The van der Waals surface area contributed by atoms with E-state index in [4.69, 9.17) is 10.8 Å². The molecule has 8 heteroatoms. The number of nitrogens with two attached hydrogens (primary N) is 1. The monoisotopic (exact) mass is 288 g/mol. The van der Waals surface area contributed by atoms with Crippen LogP contribution in [-0.4, -0.2) is 61.1 Å². The zero-order valence-electron chi connectivity index (χ0n) is 12.0. The van der Waals surface area contributed by atoms with E-state index in [1.165, 1.54) is 0 Å². The van der Waals surface area contributed by atoms with Gasteiger partial charge < -0.3 is 26.4 Å². The van der Waals surface area contributed by atoms with E-state index in [2.05, 4.69) is 10.6 Å². The standard InChI is InChI=1S/C12H24N4O4/c1-16(2)8-4-3-7-14-12(20)15-9(11(18)19)5-6-10(13)17/h9H,3-8H2,1-2H3,(H2,13,17)(H,18,19)(H2,14,15,20)/t9-/m0/s1. The van der Waals surface area contributed by atoms with Gasteiger partial charge in [-0.25, -0.2) is 9.59 Å². The molecule has 5 N–H and O–H groups in total. The third-order valence-corrected chi connectivity index (χ3v) is 2.60. The van der Waals surface area contributed by atoms with Gasteiger partial charge in [-0.15, -0.1) is 0 Å². The maximum Gasteiger partial charge on any atom is 0.326 e. The first-order valence-electron chi connectivity index (χ1n) is 6.53. The summed E-state index contributed by atoms with van der Waals surface area (Å²) in [4.78, 5) is 35.0. The van der Waals surface area contributed by atoms with Crippen LogP contribution in [0.5, 0.6) is 0 Å². The van der Waals surface area contributed by atoms with Gasteiger partial charge in [0.05, 0.1) is 0 Å². The predicted molar refractivity (Wildman–Crippen MR) is 74.2 cm³/mol. The molecule has 0 saturated heterocycles. The van der Waals surface area contributed by atoms with Crippen LogP contribution in [0.3, 0.4) is 0 Å². The number of hydrogen-bond acceptors (Lipinski definition) is 4. The first-order chi connectivity index (χ1) is 9.32. The van der Waals surface area contributed by atoms with Crippen molar-refractivity contribution in [2.45, 2.75) is 31.7 Å². The van der Waals surface area contributed by atoms with Gasteiger partial charge in [-0.05, 0) is 39.9 Å². The van der Waals surface area contributed by atoms with E-state index in [9.17, 15) is 14.4 Å². The van der Waals surface area contributed by atoms with E-state index in [0.717, 1.165) is 19.4 Å². The van der Waals surface area contributed by atoms with Crippen LogP contribution in [0.4, 0.5) is 4.79 Å². The minimum Gasteiger partial charge on any atom is -0.480 e. The number of unbranched alkanes of at least 4 members (excludes halogenated alkanes) is 1. The number of nitrogens with one attached hydrogen (secondary N) is 2. The average molecular weight is 288 g/mol. The third-order valence-electron chi connectivity index (χ3n) is 2.60. The van der Waals surface area contributed by atoms with Gasteiger partial charge in [-0.1, -0.05) is 0 Å². The molecule has 0 aromatic carbocycles. The van der Waals surface area contributed by atoms with Crippen molar-refractivity contribution < 1.29 is 19.5 Å². The van der Waals surface area contributed by atoms with Gasteiger partial charge in [0.15, 0.2) is 0 Å². The van der Waals surface area contributed by atoms with Crippen LogP contribution in [0.15, 0.2) is 0 Å². The Morgan fingerprint density at radius 2 is 1.90 bits per heavy atom. The van der Waals surface area contributed by atoms with E-state index >= 15 is 0 Å². The molecule has 0 spiro atoms. The van der Waals surface area contributed by atoms with Crippen LogP contribution >= 0.6 is 0 Å². The van der Waals surface area contributed by atoms with E-state index < -0.39 is 23.9 Å². The number of primary amides is 1. The Balaban J connectivity index is 3.89. The summed E-state index contributed by atoms with van der Waals surface area (Å²) in [5.74, 6) is -1.78. The molecule has 0 aliphatic rings. The van der Waals surface area contributed by atoms with Crippen molar-refractivity contribution in [3.63, 3.8) is 0 Å². The highest BCUT2D eigenvalue weighted by molar-refractivity contribution is 5.83. The lowest BCUT2D eigenvalue weighted by Crippen LogP contribution is -2.46. The van der Waals surface area contributed by atoms with E-state index in [1.54, 1.807) is 0 Å². The number of amides is 3. The number of carboxylic acids is 1. The smallest absolute Gasteiger partial charge is 0.326 e. The second-order valence-electron chi connectivity index (χ2n) is 4.81. The molecule has 116 valence electrons. The van der Waals surface area contributed by atoms with Gasteiger partial charge >= 0.3 is 12.0 Å². The number of hydrogen-bond donors (Lipinski definition) is 4. The second-order valence-corrected chi connectivity index (χ2v) is 4.81. The highest BCUT2D eigenvalue weighted by Gasteiger charge is 2.20. The molecule has 0 aliphatic carbocycles. The molecule has 20 heavy (non-hydrogen) atoms. The van der Waals surface area contributed by atoms with Crippen molar-refractivity contribution in [1.82, 2.24) is 15.5 Å². The van der Waals surface area contributed by atoms with Crippen molar-refractivity contribution in [3.05, 3.63) is 0 Å². The lowest BCUT2D eigenvalue weighted by Gasteiger charge is -2.14. The summed E-state index contributed by atoms with van der Waals surface area (Å²) in [7, 11) is 3.94. The van der Waals surface area contributed by atoms with Gasteiger partial charge in [0.1, 0.15) is 6.04 Å². The Bertz CT molecular complexity index is 333. The molecular formula is C12H24N4O4. The summed E-state index contributed by atoms with van der Waals surface area (Å²) in [5, 5.41) is 13.8. The van der Waals surface area contributed by atoms with Crippen molar-refractivity contribution in [2.75, 3.05) is 27.2 Å². The summed E-state index contributed by atoms with van der Waals surface area (Å²) >= 11 is 0. The molecule has 0 saturated carbocycles. The first-order valence-corrected chi connectivity index (χ1v) is 6.53. The van der Waals surface area contributed by atoms with Gasteiger partial charge in [0, 0.05) is 13.0 Å². The topological polar surface area (TPSA) is 125 Å². The molecule has 3 amide bonds. The molecule has 8 nitrogen and oxygen atoms in total. The summed E-state index contributed by atoms with van der Waals surface area (Å²) < 4.78 is 0. The van der Waals surface area contributed by atoms with E-state index in [1.807, 2.05) is 19.0 Å². The summed E-state index contributed by atoms with van der Waals surface area (Å²) in [6, 6.07) is -1.66.